The van der Waals surface area contributed by atoms with Crippen LogP contribution >= 0.6 is 0 Å². The highest BCUT2D eigenvalue weighted by atomic mass is 16.5. The van der Waals surface area contributed by atoms with Crippen LogP contribution < -0.4 is 0 Å². The van der Waals surface area contributed by atoms with Crippen molar-refractivity contribution >= 4 is 0 Å². The highest BCUT2D eigenvalue weighted by Crippen LogP contribution is 2.20. The Morgan fingerprint density at radius 3 is 2.53 bits per heavy atom. The number of hydrogen-bond acceptors (Lipinski definition) is 3. The number of benzene rings is 1. The maximum Gasteiger partial charge on any atom is 0.0972 e. The van der Waals surface area contributed by atoms with E-state index in [2.05, 4.69) is 45.9 Å². The quantitative estimate of drug-likeness (QED) is 0.766. The van der Waals surface area contributed by atoms with Crippen LogP contribution in [0.5, 0.6) is 0 Å². The van der Waals surface area contributed by atoms with E-state index in [-0.39, 0.29) is 6.04 Å². The van der Waals surface area contributed by atoms with Crippen LogP contribution in [0.1, 0.15) is 11.6 Å². The van der Waals surface area contributed by atoms with Gasteiger partial charge in [0.25, 0.3) is 0 Å². The summed E-state index contributed by atoms with van der Waals surface area (Å²) < 4.78 is 5.43. The molecule has 0 saturated carbocycles. The third-order valence-electron chi connectivity index (χ3n) is 3.16. The molecule has 3 heteroatoms. The van der Waals surface area contributed by atoms with Crippen LogP contribution in [0.2, 0.25) is 0 Å². The predicted octanol–water partition coefficient (Wildman–Crippen LogP) is 1.62. The van der Waals surface area contributed by atoms with Crippen molar-refractivity contribution < 1.29 is 4.74 Å². The first kappa shape index (κ1) is 14.1. The summed E-state index contributed by atoms with van der Waals surface area (Å²) in [6.45, 7) is 4.32. The second-order valence-electron chi connectivity index (χ2n) is 5.02. The van der Waals surface area contributed by atoms with Gasteiger partial charge in [-0.25, -0.2) is 0 Å². The summed E-state index contributed by atoms with van der Waals surface area (Å²) in [6, 6.07) is 10.7. The van der Waals surface area contributed by atoms with Crippen LogP contribution in [0.15, 0.2) is 30.3 Å². The van der Waals surface area contributed by atoms with Crippen LogP contribution in [0, 0.1) is 11.8 Å². The van der Waals surface area contributed by atoms with Crippen LogP contribution in [0.25, 0.3) is 0 Å². The van der Waals surface area contributed by atoms with E-state index in [1.54, 1.807) is 0 Å². The minimum absolute atomic E-state index is 0.185. The lowest BCUT2D eigenvalue weighted by Gasteiger charge is -2.31. The van der Waals surface area contributed by atoms with E-state index in [0.29, 0.717) is 0 Å². The molecule has 1 fully saturated rings. The van der Waals surface area contributed by atoms with Gasteiger partial charge in [-0.3, -0.25) is 9.80 Å². The molecular formula is C16H22N2O. The molecule has 3 nitrogen and oxygen atoms in total. The van der Waals surface area contributed by atoms with Gasteiger partial charge >= 0.3 is 0 Å². The van der Waals surface area contributed by atoms with Crippen LogP contribution in [-0.4, -0.2) is 56.7 Å². The molecule has 1 aliphatic rings. The Kier molecular flexibility index (Phi) is 5.41. The Bertz CT molecular complexity index is 427. The molecule has 1 unspecified atom stereocenters. The van der Waals surface area contributed by atoms with Crippen molar-refractivity contribution in [2.45, 2.75) is 6.04 Å². The summed E-state index contributed by atoms with van der Waals surface area (Å²) in [7, 11) is 4.09. The fraction of sp³-hybridized carbons (Fsp3) is 0.500. The largest absolute Gasteiger partial charge is 0.379 e. The SMILES string of the molecule is CN(C)CC#CC(c1ccccc1)N1CCOCC1. The van der Waals surface area contributed by atoms with E-state index in [9.17, 15) is 0 Å². The van der Waals surface area contributed by atoms with Crippen LogP contribution in [-0.2, 0) is 4.74 Å². The first-order valence-electron chi connectivity index (χ1n) is 6.77. The fourth-order valence-corrected chi connectivity index (χ4v) is 2.16. The van der Waals surface area contributed by atoms with E-state index in [1.165, 1.54) is 5.56 Å². The lowest BCUT2D eigenvalue weighted by atomic mass is 10.1. The summed E-state index contributed by atoms with van der Waals surface area (Å²) in [4.78, 5) is 4.50. The molecule has 1 saturated heterocycles. The summed E-state index contributed by atoms with van der Waals surface area (Å²) >= 11 is 0. The highest BCUT2D eigenvalue weighted by molar-refractivity contribution is 5.27. The molecule has 1 aromatic rings. The first-order chi connectivity index (χ1) is 9.27. The Morgan fingerprint density at radius 2 is 1.89 bits per heavy atom. The molecule has 0 bridgehead atoms. The van der Waals surface area contributed by atoms with E-state index >= 15 is 0 Å². The van der Waals surface area contributed by atoms with E-state index in [1.807, 2.05) is 20.2 Å². The summed E-state index contributed by atoms with van der Waals surface area (Å²) in [5.74, 6) is 6.69. The van der Waals surface area contributed by atoms with Gasteiger partial charge in [-0.1, -0.05) is 42.2 Å². The smallest absolute Gasteiger partial charge is 0.0972 e. The van der Waals surface area contributed by atoms with Crippen molar-refractivity contribution in [2.24, 2.45) is 0 Å². The molecule has 0 aliphatic carbocycles. The number of hydrogen-bond donors (Lipinski definition) is 0. The molecule has 19 heavy (non-hydrogen) atoms. The molecule has 2 rings (SSSR count). The number of morpholine rings is 1. The number of ether oxygens (including phenoxy) is 1. The van der Waals surface area contributed by atoms with Crippen molar-refractivity contribution in [2.75, 3.05) is 46.9 Å². The Hall–Kier alpha value is -1.34. The second kappa shape index (κ2) is 7.30. The highest BCUT2D eigenvalue weighted by Gasteiger charge is 2.20. The number of rotatable bonds is 3. The van der Waals surface area contributed by atoms with Crippen LogP contribution in [0.3, 0.4) is 0 Å². The maximum absolute atomic E-state index is 5.43. The van der Waals surface area contributed by atoms with E-state index < -0.39 is 0 Å². The lowest BCUT2D eigenvalue weighted by molar-refractivity contribution is 0.0269. The van der Waals surface area contributed by atoms with Crippen molar-refractivity contribution in [3.8, 4) is 11.8 Å². The third kappa shape index (κ3) is 4.36. The lowest BCUT2D eigenvalue weighted by Crippen LogP contribution is -2.38. The van der Waals surface area contributed by atoms with Gasteiger partial charge in [-0.05, 0) is 19.7 Å². The monoisotopic (exact) mass is 258 g/mol. The Morgan fingerprint density at radius 1 is 1.21 bits per heavy atom. The van der Waals surface area contributed by atoms with Gasteiger partial charge in [0.15, 0.2) is 0 Å². The third-order valence-corrected chi connectivity index (χ3v) is 3.16. The van der Waals surface area contributed by atoms with Gasteiger partial charge in [-0.15, -0.1) is 0 Å². The maximum atomic E-state index is 5.43. The van der Waals surface area contributed by atoms with Gasteiger partial charge in [0.05, 0.1) is 25.8 Å². The topological polar surface area (TPSA) is 15.7 Å². The van der Waals surface area contributed by atoms with Crippen LogP contribution in [0.4, 0.5) is 0 Å². The molecule has 0 N–H and O–H groups in total. The Labute approximate surface area is 116 Å². The molecular weight excluding hydrogens is 236 g/mol. The van der Waals surface area contributed by atoms with Gasteiger partial charge in [0.2, 0.25) is 0 Å². The van der Waals surface area contributed by atoms with Gasteiger partial charge in [0, 0.05) is 13.1 Å². The molecule has 0 aromatic heterocycles. The summed E-state index contributed by atoms with van der Waals surface area (Å²) in [5.41, 5.74) is 1.27. The molecule has 1 atom stereocenters. The zero-order chi connectivity index (χ0) is 13.5. The average molecular weight is 258 g/mol. The summed E-state index contributed by atoms with van der Waals surface area (Å²) in [6.07, 6.45) is 0. The second-order valence-corrected chi connectivity index (χ2v) is 5.02. The first-order valence-corrected chi connectivity index (χ1v) is 6.77. The molecule has 1 heterocycles. The van der Waals surface area contributed by atoms with Crippen molar-refractivity contribution in [1.82, 2.24) is 9.80 Å². The zero-order valence-corrected chi connectivity index (χ0v) is 11.8. The van der Waals surface area contributed by atoms with Crippen molar-refractivity contribution in [1.29, 1.82) is 0 Å². The summed E-state index contributed by atoms with van der Waals surface area (Å²) in [5, 5.41) is 0. The average Bonchev–Trinajstić information content (AvgIpc) is 2.45. The Balaban J connectivity index is 2.14. The van der Waals surface area contributed by atoms with Gasteiger partial charge < -0.3 is 4.74 Å². The van der Waals surface area contributed by atoms with E-state index in [4.69, 9.17) is 4.74 Å². The normalized spacial score (nSPS) is 17.8. The minimum atomic E-state index is 0.185. The standard InChI is InChI=1S/C16H22N2O/c1-17(2)10-6-9-16(15-7-4-3-5-8-15)18-11-13-19-14-12-18/h3-5,7-8,16H,10-14H2,1-2H3. The molecule has 102 valence electrons. The molecule has 0 radical (unpaired) electrons. The predicted molar refractivity (Wildman–Crippen MR) is 77.9 cm³/mol. The zero-order valence-electron chi connectivity index (χ0n) is 11.8. The molecule has 1 aliphatic heterocycles. The fourth-order valence-electron chi connectivity index (χ4n) is 2.16. The van der Waals surface area contributed by atoms with E-state index in [0.717, 1.165) is 32.8 Å². The van der Waals surface area contributed by atoms with Crippen molar-refractivity contribution in [3.05, 3.63) is 35.9 Å². The molecule has 1 aromatic carbocycles. The molecule has 0 amide bonds. The van der Waals surface area contributed by atoms with Crippen molar-refractivity contribution in [3.63, 3.8) is 0 Å². The molecule has 0 spiro atoms. The van der Waals surface area contributed by atoms with Gasteiger partial charge in [-0.2, -0.15) is 0 Å². The minimum Gasteiger partial charge on any atom is -0.379 e. The number of nitrogens with zero attached hydrogens (tertiary/aromatic N) is 2. The van der Waals surface area contributed by atoms with Gasteiger partial charge in [0.1, 0.15) is 0 Å².